The first-order valence-electron chi connectivity index (χ1n) is 11.3. The molecule has 0 radical (unpaired) electrons. The molecule has 1 aliphatic heterocycles. The zero-order valence-corrected chi connectivity index (χ0v) is 19.1. The van der Waals surface area contributed by atoms with Gasteiger partial charge in [0, 0.05) is 18.4 Å². The molecule has 1 heterocycles. The smallest absolute Gasteiger partial charge is 0.306 e. The van der Waals surface area contributed by atoms with Crippen LogP contribution in [0.2, 0.25) is 0 Å². The Kier molecular flexibility index (Phi) is 6.75. The van der Waals surface area contributed by atoms with Gasteiger partial charge in [-0.3, -0.25) is 4.79 Å². The van der Waals surface area contributed by atoms with Gasteiger partial charge in [0.05, 0.1) is 6.61 Å². The maximum absolute atomic E-state index is 11.7. The summed E-state index contributed by atoms with van der Waals surface area (Å²) >= 11 is 0. The molecule has 4 rings (SSSR count). The molecule has 1 unspecified atom stereocenters. The Bertz CT molecular complexity index is 1120. The molecule has 0 saturated carbocycles. The van der Waals surface area contributed by atoms with E-state index in [1.165, 1.54) is 27.8 Å². The van der Waals surface area contributed by atoms with E-state index in [1.807, 2.05) is 19.1 Å². The number of hydrogen-bond acceptors (Lipinski definition) is 3. The van der Waals surface area contributed by atoms with Crippen LogP contribution in [0, 0.1) is 13.8 Å². The third kappa shape index (κ3) is 4.94. The van der Waals surface area contributed by atoms with E-state index < -0.39 is 0 Å². The van der Waals surface area contributed by atoms with E-state index in [9.17, 15) is 4.79 Å². The molecular weight excluding hydrogens is 396 g/mol. The Balaban J connectivity index is 1.55. The van der Waals surface area contributed by atoms with Gasteiger partial charge in [-0.25, -0.2) is 0 Å². The van der Waals surface area contributed by atoms with Gasteiger partial charge >= 0.3 is 5.97 Å². The highest BCUT2D eigenvalue weighted by Crippen LogP contribution is 2.35. The van der Waals surface area contributed by atoms with Crippen LogP contribution < -0.4 is 4.74 Å². The molecule has 3 aromatic carbocycles. The van der Waals surface area contributed by atoms with E-state index in [2.05, 4.69) is 74.5 Å². The number of hydrogen-bond donors (Lipinski definition) is 0. The molecule has 1 atom stereocenters. The predicted molar refractivity (Wildman–Crippen MR) is 130 cm³/mol. The summed E-state index contributed by atoms with van der Waals surface area (Å²) in [7, 11) is 0. The maximum atomic E-state index is 11.7. The highest BCUT2D eigenvalue weighted by molar-refractivity contribution is 5.71. The molecule has 0 amide bonds. The third-order valence-electron chi connectivity index (χ3n) is 5.94. The van der Waals surface area contributed by atoms with Crippen molar-refractivity contribution in [2.75, 3.05) is 6.61 Å². The lowest BCUT2D eigenvalue weighted by Crippen LogP contribution is -2.07. The lowest BCUT2D eigenvalue weighted by atomic mass is 9.93. The molecule has 0 saturated heterocycles. The molecule has 3 heteroatoms. The highest BCUT2D eigenvalue weighted by Gasteiger charge is 2.18. The molecule has 1 aliphatic rings. The molecule has 164 valence electrons. The monoisotopic (exact) mass is 426 g/mol. The topological polar surface area (TPSA) is 35.5 Å². The average Bonchev–Trinajstić information content (AvgIpc) is 3.00. The van der Waals surface area contributed by atoms with Gasteiger partial charge in [-0.15, -0.1) is 0 Å². The van der Waals surface area contributed by atoms with Crippen LogP contribution in [0.4, 0.5) is 0 Å². The van der Waals surface area contributed by atoms with Crippen molar-refractivity contribution in [2.24, 2.45) is 0 Å². The van der Waals surface area contributed by atoms with Gasteiger partial charge in [0.25, 0.3) is 0 Å². The van der Waals surface area contributed by atoms with Crippen LogP contribution in [0.1, 0.15) is 53.7 Å². The molecule has 3 nitrogen and oxygen atoms in total. The highest BCUT2D eigenvalue weighted by atomic mass is 16.5. The van der Waals surface area contributed by atoms with Gasteiger partial charge in [-0.05, 0) is 78.8 Å². The largest absolute Gasteiger partial charge is 0.485 e. The number of benzene rings is 3. The lowest BCUT2D eigenvalue weighted by Gasteiger charge is -2.20. The van der Waals surface area contributed by atoms with Gasteiger partial charge < -0.3 is 9.47 Å². The molecule has 0 aromatic heterocycles. The van der Waals surface area contributed by atoms with Crippen molar-refractivity contribution in [3.8, 4) is 16.9 Å². The van der Waals surface area contributed by atoms with Gasteiger partial charge in [0.1, 0.15) is 11.9 Å². The minimum atomic E-state index is -0.155. The quantitative estimate of drug-likeness (QED) is 0.398. The van der Waals surface area contributed by atoms with Crippen LogP contribution in [0.15, 0.2) is 66.7 Å². The summed E-state index contributed by atoms with van der Waals surface area (Å²) in [5, 5.41) is 0. The minimum Gasteiger partial charge on any atom is -0.485 e. The van der Waals surface area contributed by atoms with Crippen molar-refractivity contribution in [1.29, 1.82) is 0 Å². The predicted octanol–water partition coefficient (Wildman–Crippen LogP) is 7.00. The average molecular weight is 427 g/mol. The number of ether oxygens (including phenoxy) is 2. The van der Waals surface area contributed by atoms with Gasteiger partial charge in [-0.1, -0.05) is 54.6 Å². The van der Waals surface area contributed by atoms with Crippen LogP contribution in [-0.2, 0) is 16.0 Å². The van der Waals surface area contributed by atoms with Crippen LogP contribution in [-0.4, -0.2) is 12.6 Å². The molecule has 0 spiro atoms. The second-order valence-corrected chi connectivity index (χ2v) is 8.31. The second kappa shape index (κ2) is 9.86. The summed E-state index contributed by atoms with van der Waals surface area (Å²) < 4.78 is 11.5. The van der Waals surface area contributed by atoms with Crippen LogP contribution >= 0.6 is 0 Å². The number of rotatable bonds is 6. The summed E-state index contributed by atoms with van der Waals surface area (Å²) in [4.78, 5) is 11.7. The molecule has 0 bridgehead atoms. The Hall–Kier alpha value is -3.33. The van der Waals surface area contributed by atoms with E-state index in [0.717, 1.165) is 23.3 Å². The maximum Gasteiger partial charge on any atom is 0.306 e. The van der Waals surface area contributed by atoms with Crippen molar-refractivity contribution in [1.82, 2.24) is 0 Å². The Morgan fingerprint density at radius 2 is 1.81 bits per heavy atom. The summed E-state index contributed by atoms with van der Waals surface area (Å²) in [6.45, 7) is 6.58. The number of esters is 1. The minimum absolute atomic E-state index is 0.0397. The zero-order chi connectivity index (χ0) is 22.5. The first kappa shape index (κ1) is 21.9. The van der Waals surface area contributed by atoms with E-state index in [-0.39, 0.29) is 12.1 Å². The molecule has 32 heavy (non-hydrogen) atoms. The standard InChI is InChI=1S/C29H30O3/c1-4-31-28(30)17-15-22-14-16-27-23(18-22)11-7-13-26(32-27)24-10-6-12-25(19-24)29-20(2)8-5-9-21(29)3/h5-12,14,16,18-19,26H,4,13,15,17H2,1-3H3. The summed E-state index contributed by atoms with van der Waals surface area (Å²) in [6.07, 6.45) is 6.13. The first-order chi connectivity index (χ1) is 15.5. The Morgan fingerprint density at radius 1 is 1.03 bits per heavy atom. The van der Waals surface area contributed by atoms with Crippen molar-refractivity contribution >= 4 is 12.0 Å². The SMILES string of the molecule is CCOC(=O)CCc1ccc2c(c1)C=CCC(c1cccc(-c3c(C)cccc3C)c1)O2. The van der Waals surface area contributed by atoms with Crippen LogP contribution in [0.25, 0.3) is 17.2 Å². The zero-order valence-electron chi connectivity index (χ0n) is 19.1. The summed E-state index contributed by atoms with van der Waals surface area (Å²) in [6, 6.07) is 21.3. The molecule has 0 N–H and O–H groups in total. The third-order valence-corrected chi connectivity index (χ3v) is 5.94. The number of carbonyl (C=O) groups is 1. The van der Waals surface area contributed by atoms with Crippen molar-refractivity contribution < 1.29 is 14.3 Å². The Morgan fingerprint density at radius 3 is 2.59 bits per heavy atom. The summed E-state index contributed by atoms with van der Waals surface area (Å²) in [5.74, 6) is 0.721. The number of fused-ring (bicyclic) bond motifs is 1. The first-order valence-corrected chi connectivity index (χ1v) is 11.3. The number of carbonyl (C=O) groups excluding carboxylic acids is 1. The van der Waals surface area contributed by atoms with E-state index >= 15 is 0 Å². The fraction of sp³-hybridized carbons (Fsp3) is 0.276. The normalized spacial score (nSPS) is 14.9. The van der Waals surface area contributed by atoms with Crippen molar-refractivity contribution in [2.45, 2.75) is 46.1 Å². The van der Waals surface area contributed by atoms with E-state index in [0.29, 0.717) is 19.4 Å². The fourth-order valence-electron chi connectivity index (χ4n) is 4.36. The molecule has 0 fully saturated rings. The lowest BCUT2D eigenvalue weighted by molar-refractivity contribution is -0.143. The number of aryl methyl sites for hydroxylation is 3. The summed E-state index contributed by atoms with van der Waals surface area (Å²) in [5.41, 5.74) is 8.43. The molecule has 3 aromatic rings. The van der Waals surface area contributed by atoms with Gasteiger partial charge in [0.2, 0.25) is 0 Å². The second-order valence-electron chi connectivity index (χ2n) is 8.31. The Labute approximate surface area is 190 Å². The van der Waals surface area contributed by atoms with Crippen molar-refractivity contribution in [3.63, 3.8) is 0 Å². The van der Waals surface area contributed by atoms with E-state index in [4.69, 9.17) is 9.47 Å². The van der Waals surface area contributed by atoms with Gasteiger partial charge in [-0.2, -0.15) is 0 Å². The van der Waals surface area contributed by atoms with Crippen LogP contribution in [0.3, 0.4) is 0 Å². The van der Waals surface area contributed by atoms with Gasteiger partial charge in [0.15, 0.2) is 0 Å². The van der Waals surface area contributed by atoms with Crippen molar-refractivity contribution in [3.05, 3.63) is 94.6 Å². The van der Waals surface area contributed by atoms with Crippen LogP contribution in [0.5, 0.6) is 5.75 Å². The molecular formula is C29H30O3. The van der Waals surface area contributed by atoms with E-state index in [1.54, 1.807) is 0 Å². The fourth-order valence-corrected chi connectivity index (χ4v) is 4.36. The molecule has 0 aliphatic carbocycles.